The zero-order chi connectivity index (χ0) is 26.6. The van der Waals surface area contributed by atoms with Gasteiger partial charge >= 0.3 is 11.8 Å². The topological polar surface area (TPSA) is 118 Å². The molecule has 37 heavy (non-hydrogen) atoms. The van der Waals surface area contributed by atoms with Crippen LogP contribution < -0.4 is 25.5 Å². The van der Waals surface area contributed by atoms with Crippen LogP contribution in [0.25, 0.3) is 0 Å². The fourth-order valence-corrected chi connectivity index (χ4v) is 3.34. The highest BCUT2D eigenvalue weighted by atomic mass is 35.5. The van der Waals surface area contributed by atoms with Crippen molar-refractivity contribution >= 4 is 52.8 Å². The van der Waals surface area contributed by atoms with Gasteiger partial charge in [-0.25, -0.2) is 5.43 Å². The summed E-state index contributed by atoms with van der Waals surface area (Å²) in [6.45, 7) is 2.07. The van der Waals surface area contributed by atoms with Crippen molar-refractivity contribution in [1.29, 1.82) is 0 Å². The number of nitrogens with one attached hydrogen (secondary N) is 3. The van der Waals surface area contributed by atoms with Gasteiger partial charge in [-0.05, 0) is 48.4 Å². The first-order chi connectivity index (χ1) is 17.9. The van der Waals surface area contributed by atoms with E-state index in [-0.39, 0.29) is 18.2 Å². The number of rotatable bonds is 10. The van der Waals surface area contributed by atoms with E-state index in [0.29, 0.717) is 34.4 Å². The number of ether oxygens (including phenoxy) is 2. The van der Waals surface area contributed by atoms with Crippen LogP contribution in [0.5, 0.6) is 11.5 Å². The number of nitrogens with zero attached hydrogens (tertiary/aromatic N) is 1. The van der Waals surface area contributed by atoms with Gasteiger partial charge in [0, 0.05) is 6.54 Å². The number of hydrogen-bond acceptors (Lipinski definition) is 6. The zero-order valence-electron chi connectivity index (χ0n) is 19.8. The molecular formula is C26H24Cl2N4O5. The first-order valence-corrected chi connectivity index (χ1v) is 11.9. The summed E-state index contributed by atoms with van der Waals surface area (Å²) >= 11 is 12.1. The highest BCUT2D eigenvalue weighted by Crippen LogP contribution is 2.30. The number of hydrazone groups is 1. The maximum absolute atomic E-state index is 12.3. The number of amides is 3. The van der Waals surface area contributed by atoms with E-state index in [1.807, 2.05) is 30.3 Å². The van der Waals surface area contributed by atoms with Gasteiger partial charge in [0.15, 0.2) is 18.1 Å². The van der Waals surface area contributed by atoms with Gasteiger partial charge in [0.25, 0.3) is 5.91 Å². The summed E-state index contributed by atoms with van der Waals surface area (Å²) in [6.07, 6.45) is 1.35. The maximum atomic E-state index is 12.3. The molecule has 0 aliphatic rings. The van der Waals surface area contributed by atoms with Crippen LogP contribution in [0.2, 0.25) is 10.0 Å². The second-order valence-corrected chi connectivity index (χ2v) is 8.23. The SMILES string of the molecule is CCOc1cc(C=NNC(=O)C(=O)NCc2ccccc2)ccc1OCC(=O)Nc1cccc(Cl)c1Cl. The lowest BCUT2D eigenvalue weighted by molar-refractivity contribution is -0.139. The Labute approximate surface area is 223 Å². The summed E-state index contributed by atoms with van der Waals surface area (Å²) in [6, 6.07) is 19.0. The van der Waals surface area contributed by atoms with Crippen molar-refractivity contribution in [3.63, 3.8) is 0 Å². The fraction of sp³-hybridized carbons (Fsp3) is 0.154. The molecule has 192 valence electrons. The minimum Gasteiger partial charge on any atom is -0.490 e. The van der Waals surface area contributed by atoms with E-state index in [1.54, 1.807) is 43.3 Å². The molecule has 0 aliphatic carbocycles. The molecule has 0 radical (unpaired) electrons. The highest BCUT2D eigenvalue weighted by molar-refractivity contribution is 6.44. The Morgan fingerprint density at radius 3 is 2.46 bits per heavy atom. The highest BCUT2D eigenvalue weighted by Gasteiger charge is 2.13. The number of carbonyl (C=O) groups excluding carboxylic acids is 3. The van der Waals surface area contributed by atoms with Crippen LogP contribution in [-0.4, -0.2) is 37.1 Å². The Bertz CT molecular complexity index is 1290. The summed E-state index contributed by atoms with van der Waals surface area (Å²) in [7, 11) is 0. The summed E-state index contributed by atoms with van der Waals surface area (Å²) < 4.78 is 11.2. The average molecular weight is 543 g/mol. The Balaban J connectivity index is 1.54. The summed E-state index contributed by atoms with van der Waals surface area (Å²) in [5, 5.41) is 9.52. The minimum atomic E-state index is -0.900. The van der Waals surface area contributed by atoms with Crippen LogP contribution in [0.3, 0.4) is 0 Å². The lowest BCUT2D eigenvalue weighted by Crippen LogP contribution is -2.37. The molecule has 11 heteroatoms. The first kappa shape index (κ1) is 27.5. The largest absolute Gasteiger partial charge is 0.490 e. The Hall–Kier alpha value is -4.08. The monoisotopic (exact) mass is 542 g/mol. The smallest absolute Gasteiger partial charge is 0.329 e. The third-order valence-corrected chi connectivity index (χ3v) is 5.55. The number of anilines is 1. The second-order valence-electron chi connectivity index (χ2n) is 7.44. The Kier molecular flexibility index (Phi) is 10.3. The van der Waals surface area contributed by atoms with Gasteiger partial charge in [-0.15, -0.1) is 0 Å². The van der Waals surface area contributed by atoms with Crippen LogP contribution in [-0.2, 0) is 20.9 Å². The van der Waals surface area contributed by atoms with E-state index >= 15 is 0 Å². The minimum absolute atomic E-state index is 0.222. The molecule has 3 amide bonds. The van der Waals surface area contributed by atoms with E-state index in [2.05, 4.69) is 21.2 Å². The normalized spacial score (nSPS) is 10.6. The maximum Gasteiger partial charge on any atom is 0.329 e. The van der Waals surface area contributed by atoms with Crippen LogP contribution >= 0.6 is 23.2 Å². The molecular weight excluding hydrogens is 519 g/mol. The molecule has 9 nitrogen and oxygen atoms in total. The quantitative estimate of drug-likeness (QED) is 0.202. The van der Waals surface area contributed by atoms with Gasteiger partial charge in [-0.3, -0.25) is 14.4 Å². The van der Waals surface area contributed by atoms with E-state index < -0.39 is 17.7 Å². The lowest BCUT2D eigenvalue weighted by atomic mass is 10.2. The standard InChI is InChI=1S/C26H24Cl2N4O5/c1-2-36-22-13-18(15-30-32-26(35)25(34)29-14-17-7-4-3-5-8-17)11-12-21(22)37-16-23(33)31-20-10-6-9-19(27)24(20)28/h3-13,15H,2,14,16H2,1H3,(H,29,34)(H,31,33)(H,32,35). The Morgan fingerprint density at radius 2 is 1.70 bits per heavy atom. The molecule has 3 N–H and O–H groups in total. The van der Waals surface area contributed by atoms with Crippen LogP contribution in [0, 0.1) is 0 Å². The summed E-state index contributed by atoms with van der Waals surface area (Å²) in [4.78, 5) is 36.2. The van der Waals surface area contributed by atoms with Crippen LogP contribution in [0.1, 0.15) is 18.1 Å². The van der Waals surface area contributed by atoms with Gasteiger partial charge in [0.1, 0.15) is 0 Å². The van der Waals surface area contributed by atoms with Crippen LogP contribution in [0.15, 0.2) is 71.8 Å². The molecule has 0 heterocycles. The molecule has 3 aromatic carbocycles. The molecule has 0 bridgehead atoms. The Morgan fingerprint density at radius 1 is 0.919 bits per heavy atom. The van der Waals surface area contributed by atoms with Crippen molar-refractivity contribution in [1.82, 2.24) is 10.7 Å². The van der Waals surface area contributed by atoms with Crippen molar-refractivity contribution in [2.24, 2.45) is 5.10 Å². The van der Waals surface area contributed by atoms with Gasteiger partial charge in [0.05, 0.1) is 28.6 Å². The van der Waals surface area contributed by atoms with Gasteiger partial charge < -0.3 is 20.1 Å². The van der Waals surface area contributed by atoms with E-state index in [9.17, 15) is 14.4 Å². The molecule has 0 aromatic heterocycles. The van der Waals surface area contributed by atoms with Crippen molar-refractivity contribution < 1.29 is 23.9 Å². The molecule has 0 spiro atoms. The van der Waals surface area contributed by atoms with Crippen molar-refractivity contribution in [3.8, 4) is 11.5 Å². The first-order valence-electron chi connectivity index (χ1n) is 11.2. The molecule has 0 unspecified atom stereocenters. The van der Waals surface area contributed by atoms with E-state index in [4.69, 9.17) is 32.7 Å². The van der Waals surface area contributed by atoms with Crippen LogP contribution in [0.4, 0.5) is 5.69 Å². The number of hydrogen-bond donors (Lipinski definition) is 3. The predicted molar refractivity (Wildman–Crippen MR) is 142 cm³/mol. The third-order valence-electron chi connectivity index (χ3n) is 4.73. The number of benzene rings is 3. The van der Waals surface area contributed by atoms with Gasteiger partial charge in [-0.2, -0.15) is 5.10 Å². The molecule has 0 atom stereocenters. The third kappa shape index (κ3) is 8.52. The second kappa shape index (κ2) is 13.9. The number of halogens is 2. The van der Waals surface area contributed by atoms with Gasteiger partial charge in [-0.1, -0.05) is 59.6 Å². The number of carbonyl (C=O) groups is 3. The molecule has 0 aliphatic heterocycles. The molecule has 0 saturated carbocycles. The summed E-state index contributed by atoms with van der Waals surface area (Å²) in [5.41, 5.74) is 3.98. The van der Waals surface area contributed by atoms with Crippen molar-refractivity contribution in [3.05, 3.63) is 87.9 Å². The van der Waals surface area contributed by atoms with Crippen molar-refractivity contribution in [2.45, 2.75) is 13.5 Å². The summed E-state index contributed by atoms with van der Waals surface area (Å²) in [5.74, 6) is -1.45. The molecule has 3 aromatic rings. The zero-order valence-corrected chi connectivity index (χ0v) is 21.3. The van der Waals surface area contributed by atoms with Gasteiger partial charge in [0.2, 0.25) is 0 Å². The van der Waals surface area contributed by atoms with Crippen molar-refractivity contribution in [2.75, 3.05) is 18.5 Å². The molecule has 0 fully saturated rings. The lowest BCUT2D eigenvalue weighted by Gasteiger charge is -2.13. The van der Waals surface area contributed by atoms with E-state index in [1.165, 1.54) is 6.21 Å². The fourth-order valence-electron chi connectivity index (χ4n) is 3.00. The predicted octanol–water partition coefficient (Wildman–Crippen LogP) is 4.18. The average Bonchev–Trinajstić information content (AvgIpc) is 2.90. The molecule has 0 saturated heterocycles. The molecule has 3 rings (SSSR count). The van der Waals surface area contributed by atoms with E-state index in [0.717, 1.165) is 5.56 Å².